The maximum Gasteiger partial charge on any atom is 0.0949 e. The summed E-state index contributed by atoms with van der Waals surface area (Å²) >= 11 is 0. The molecule has 2 aromatic rings. The lowest BCUT2D eigenvalue weighted by Gasteiger charge is -2.29. The van der Waals surface area contributed by atoms with E-state index in [1.54, 1.807) is 6.20 Å². The molecule has 0 aliphatic carbocycles. The first-order valence-electron chi connectivity index (χ1n) is 6.93. The van der Waals surface area contributed by atoms with Crippen molar-refractivity contribution in [3.05, 3.63) is 30.6 Å². The second-order valence-electron chi connectivity index (χ2n) is 5.23. The Morgan fingerprint density at radius 2 is 2.32 bits per heavy atom. The van der Waals surface area contributed by atoms with E-state index < -0.39 is 0 Å². The fraction of sp³-hybridized carbons (Fsp3) is 0.615. The van der Waals surface area contributed by atoms with Crippen molar-refractivity contribution < 1.29 is 0 Å². The molecule has 3 rings (SSSR count). The Balaban J connectivity index is 1.67. The van der Waals surface area contributed by atoms with E-state index in [1.807, 2.05) is 23.4 Å². The highest BCUT2D eigenvalue weighted by molar-refractivity contribution is 5.07. The summed E-state index contributed by atoms with van der Waals surface area (Å²) in [6, 6.07) is 1.03. The van der Waals surface area contributed by atoms with Crippen LogP contribution in [0.5, 0.6) is 0 Å². The minimum Gasteiger partial charge on any atom is -0.331 e. The molecule has 3 heterocycles. The third-order valence-electron chi connectivity index (χ3n) is 3.76. The number of hydrogen-bond donors (Lipinski definition) is 1. The number of aromatic nitrogens is 5. The van der Waals surface area contributed by atoms with E-state index in [1.165, 1.54) is 25.0 Å². The van der Waals surface area contributed by atoms with Crippen LogP contribution in [-0.2, 0) is 13.1 Å². The van der Waals surface area contributed by atoms with Gasteiger partial charge in [-0.25, -0.2) is 4.98 Å². The van der Waals surface area contributed by atoms with Crippen LogP contribution in [0, 0.1) is 0 Å². The monoisotopic (exact) mass is 260 g/mol. The average Bonchev–Trinajstić information content (AvgIpc) is 3.08. The van der Waals surface area contributed by atoms with E-state index in [0.29, 0.717) is 12.1 Å². The molecular weight excluding hydrogens is 240 g/mol. The summed E-state index contributed by atoms with van der Waals surface area (Å²) in [5.41, 5.74) is 1.28. The number of piperidine rings is 1. The average molecular weight is 260 g/mol. The van der Waals surface area contributed by atoms with Gasteiger partial charge in [0.05, 0.1) is 24.8 Å². The number of nitrogens with one attached hydrogen (secondary N) is 1. The van der Waals surface area contributed by atoms with Gasteiger partial charge in [-0.1, -0.05) is 5.21 Å². The number of hydrogen-bond acceptors (Lipinski definition) is 4. The third kappa shape index (κ3) is 2.84. The van der Waals surface area contributed by atoms with Gasteiger partial charge in [0.25, 0.3) is 0 Å². The lowest BCUT2D eigenvalue weighted by atomic mass is 9.97. The molecule has 6 heteroatoms. The molecular formula is C13H20N6. The van der Waals surface area contributed by atoms with E-state index in [4.69, 9.17) is 0 Å². The van der Waals surface area contributed by atoms with Gasteiger partial charge in [-0.3, -0.25) is 4.68 Å². The summed E-state index contributed by atoms with van der Waals surface area (Å²) in [7, 11) is 0. The van der Waals surface area contributed by atoms with E-state index >= 15 is 0 Å². The Bertz CT molecular complexity index is 503. The van der Waals surface area contributed by atoms with Crippen LogP contribution < -0.4 is 5.32 Å². The fourth-order valence-corrected chi connectivity index (χ4v) is 2.74. The van der Waals surface area contributed by atoms with Crippen molar-refractivity contribution in [1.82, 2.24) is 29.9 Å². The minimum atomic E-state index is 0.432. The van der Waals surface area contributed by atoms with Gasteiger partial charge in [-0.05, 0) is 26.2 Å². The molecule has 0 aromatic carbocycles. The van der Waals surface area contributed by atoms with Crippen LogP contribution in [0.3, 0.4) is 0 Å². The van der Waals surface area contributed by atoms with Crippen molar-refractivity contribution in [3.8, 4) is 0 Å². The van der Waals surface area contributed by atoms with Gasteiger partial charge in [0.2, 0.25) is 0 Å². The molecule has 6 nitrogen and oxygen atoms in total. The van der Waals surface area contributed by atoms with Crippen LogP contribution in [0.15, 0.2) is 24.9 Å². The molecule has 0 spiro atoms. The quantitative estimate of drug-likeness (QED) is 0.902. The van der Waals surface area contributed by atoms with E-state index in [9.17, 15) is 0 Å². The van der Waals surface area contributed by atoms with Gasteiger partial charge in [0.15, 0.2) is 0 Å². The largest absolute Gasteiger partial charge is 0.331 e. The third-order valence-corrected chi connectivity index (χ3v) is 3.76. The summed E-state index contributed by atoms with van der Waals surface area (Å²) in [5.74, 6) is 0. The van der Waals surface area contributed by atoms with Crippen LogP contribution in [0.2, 0.25) is 0 Å². The maximum absolute atomic E-state index is 4.30. The van der Waals surface area contributed by atoms with Gasteiger partial charge in [0, 0.05) is 31.0 Å². The Hall–Kier alpha value is -1.69. The van der Waals surface area contributed by atoms with Crippen molar-refractivity contribution in [3.63, 3.8) is 0 Å². The van der Waals surface area contributed by atoms with E-state index in [2.05, 4.69) is 32.1 Å². The van der Waals surface area contributed by atoms with Crippen LogP contribution >= 0.6 is 0 Å². The molecule has 0 amide bonds. The zero-order valence-electron chi connectivity index (χ0n) is 11.2. The van der Waals surface area contributed by atoms with Crippen LogP contribution in [0.1, 0.15) is 37.9 Å². The summed E-state index contributed by atoms with van der Waals surface area (Å²) in [6.07, 6.45) is 11.2. The predicted molar refractivity (Wildman–Crippen MR) is 71.4 cm³/mol. The lowest BCUT2D eigenvalue weighted by Crippen LogP contribution is -2.35. The molecule has 1 saturated heterocycles. The highest BCUT2D eigenvalue weighted by Gasteiger charge is 2.21. The van der Waals surface area contributed by atoms with Gasteiger partial charge in [-0.2, -0.15) is 0 Å². The van der Waals surface area contributed by atoms with Gasteiger partial charge < -0.3 is 9.88 Å². The lowest BCUT2D eigenvalue weighted by molar-refractivity contribution is 0.327. The highest BCUT2D eigenvalue weighted by Crippen LogP contribution is 2.25. The molecule has 2 unspecified atom stereocenters. The van der Waals surface area contributed by atoms with Crippen molar-refractivity contribution >= 4 is 0 Å². The molecule has 1 N–H and O–H groups in total. The number of aryl methyl sites for hydroxylation is 2. The first kappa shape index (κ1) is 12.3. The fourth-order valence-electron chi connectivity index (χ4n) is 2.74. The molecule has 2 aromatic heterocycles. The highest BCUT2D eigenvalue weighted by atomic mass is 15.4. The Labute approximate surface area is 112 Å². The van der Waals surface area contributed by atoms with Gasteiger partial charge in [0.1, 0.15) is 0 Å². The molecule has 1 aliphatic rings. The van der Waals surface area contributed by atoms with Crippen molar-refractivity contribution in [2.75, 3.05) is 0 Å². The molecule has 0 saturated carbocycles. The van der Waals surface area contributed by atoms with E-state index in [-0.39, 0.29) is 0 Å². The molecule has 1 aliphatic heterocycles. The zero-order valence-corrected chi connectivity index (χ0v) is 11.2. The molecule has 102 valence electrons. The summed E-state index contributed by atoms with van der Waals surface area (Å²) < 4.78 is 4.07. The van der Waals surface area contributed by atoms with Crippen molar-refractivity contribution in [2.45, 2.75) is 51.4 Å². The normalized spacial score (nSPS) is 23.6. The van der Waals surface area contributed by atoms with Gasteiger partial charge in [-0.15, -0.1) is 5.10 Å². The van der Waals surface area contributed by atoms with Crippen LogP contribution in [0.25, 0.3) is 0 Å². The Morgan fingerprint density at radius 3 is 3.11 bits per heavy atom. The van der Waals surface area contributed by atoms with Crippen molar-refractivity contribution in [2.24, 2.45) is 0 Å². The second-order valence-corrected chi connectivity index (χ2v) is 5.23. The maximum atomic E-state index is 4.30. The standard InChI is InChI=1S/C13H20N6/c1-11-3-2-4-12(16-11)13-9-14-10-18(13)7-8-19-6-5-15-17-19/h5-6,9-12,16H,2-4,7-8H2,1H3. The Morgan fingerprint density at radius 1 is 1.37 bits per heavy atom. The second kappa shape index (κ2) is 5.52. The smallest absolute Gasteiger partial charge is 0.0949 e. The first-order valence-corrected chi connectivity index (χ1v) is 6.93. The van der Waals surface area contributed by atoms with Crippen molar-refractivity contribution in [1.29, 1.82) is 0 Å². The zero-order chi connectivity index (χ0) is 13.1. The van der Waals surface area contributed by atoms with Crippen LogP contribution in [-0.4, -0.2) is 30.6 Å². The SMILES string of the molecule is CC1CCCC(c2cncn2CCn2ccnn2)N1. The molecule has 19 heavy (non-hydrogen) atoms. The number of nitrogens with zero attached hydrogens (tertiary/aromatic N) is 5. The van der Waals surface area contributed by atoms with Gasteiger partial charge >= 0.3 is 0 Å². The summed E-state index contributed by atoms with van der Waals surface area (Å²) in [4.78, 5) is 4.30. The predicted octanol–water partition coefficient (Wildman–Crippen LogP) is 1.38. The number of imidazole rings is 1. The minimum absolute atomic E-state index is 0.432. The first-order chi connectivity index (χ1) is 9.33. The molecule has 0 bridgehead atoms. The summed E-state index contributed by atoms with van der Waals surface area (Å²) in [6.45, 7) is 3.96. The molecule has 0 radical (unpaired) electrons. The molecule has 2 atom stereocenters. The number of rotatable bonds is 4. The van der Waals surface area contributed by atoms with Crippen LogP contribution in [0.4, 0.5) is 0 Å². The molecule has 1 fully saturated rings. The summed E-state index contributed by atoms with van der Waals surface area (Å²) in [5, 5.41) is 11.5. The Kier molecular flexibility index (Phi) is 3.59. The topological polar surface area (TPSA) is 60.6 Å². The van der Waals surface area contributed by atoms with E-state index in [0.717, 1.165) is 13.1 Å².